The first-order valence-corrected chi connectivity index (χ1v) is 8.29. The lowest BCUT2D eigenvalue weighted by Gasteiger charge is -2.05. The number of aryl methyl sites for hydroxylation is 1. The quantitative estimate of drug-likeness (QED) is 0.264. The van der Waals surface area contributed by atoms with Gasteiger partial charge >= 0.3 is 0 Å². The van der Waals surface area contributed by atoms with Crippen molar-refractivity contribution in [3.05, 3.63) is 64.5 Å². The monoisotopic (exact) mass is 401 g/mol. The Morgan fingerprint density at radius 1 is 0.864 bits per heavy atom. The zero-order valence-electron chi connectivity index (χ0n) is 12.5. The lowest BCUT2D eigenvalue weighted by molar-refractivity contribution is -0.680. The van der Waals surface area contributed by atoms with Crippen LogP contribution >= 0.6 is 22.6 Å². The van der Waals surface area contributed by atoms with Crippen LogP contribution in [0.4, 0.5) is 0 Å². The van der Waals surface area contributed by atoms with Crippen LogP contribution in [0.15, 0.2) is 60.8 Å². The van der Waals surface area contributed by atoms with Crippen LogP contribution in [0.3, 0.4) is 0 Å². The van der Waals surface area contributed by atoms with E-state index in [2.05, 4.69) is 111 Å². The average Bonchev–Trinajstić information content (AvgIpc) is 2.86. The fourth-order valence-corrected chi connectivity index (χ4v) is 3.56. The molecular formula is C18H16IN3+2. The Bertz CT molecular complexity index is 1020. The number of rotatable bonds is 1. The van der Waals surface area contributed by atoms with E-state index in [-0.39, 0.29) is 0 Å². The maximum Gasteiger partial charge on any atom is 0.297 e. The highest BCUT2D eigenvalue weighted by Crippen LogP contribution is 2.28. The number of hydrogen-bond donors (Lipinski definition) is 0. The average molecular weight is 401 g/mol. The minimum atomic E-state index is 1.17. The largest absolute Gasteiger partial charge is 0.297 e. The molecule has 3 heterocycles. The molecule has 0 saturated carbocycles. The molecule has 0 aliphatic carbocycles. The number of nitrogens with zero attached hydrogens (tertiary/aromatic N) is 3. The van der Waals surface area contributed by atoms with Crippen molar-refractivity contribution in [2.24, 2.45) is 14.1 Å². The molecule has 0 atom stereocenters. The van der Waals surface area contributed by atoms with Crippen molar-refractivity contribution in [2.75, 3.05) is 0 Å². The second-order valence-electron chi connectivity index (χ2n) is 5.47. The molecule has 0 unspecified atom stereocenters. The van der Waals surface area contributed by atoms with Crippen LogP contribution in [0.1, 0.15) is 0 Å². The van der Waals surface area contributed by atoms with E-state index in [0.717, 1.165) is 0 Å². The van der Waals surface area contributed by atoms with Crippen LogP contribution in [-0.4, -0.2) is 4.57 Å². The maximum absolute atomic E-state index is 2.37. The van der Waals surface area contributed by atoms with Gasteiger partial charge in [0, 0.05) is 34.0 Å². The number of halogens is 1. The number of benzene rings is 1. The van der Waals surface area contributed by atoms with E-state index in [9.17, 15) is 0 Å². The molecule has 0 amide bonds. The summed E-state index contributed by atoms with van der Waals surface area (Å²) < 4.78 is 7.96. The summed E-state index contributed by atoms with van der Waals surface area (Å²) in [7, 11) is 4.21. The molecule has 0 aliphatic heterocycles. The highest BCUT2D eigenvalue weighted by atomic mass is 127. The Hall–Kier alpha value is -1.95. The van der Waals surface area contributed by atoms with E-state index in [1.807, 2.05) is 0 Å². The van der Waals surface area contributed by atoms with Gasteiger partial charge in [0.15, 0.2) is 3.70 Å². The van der Waals surface area contributed by atoms with Crippen molar-refractivity contribution in [1.82, 2.24) is 4.57 Å². The Morgan fingerprint density at radius 3 is 2.50 bits per heavy atom. The van der Waals surface area contributed by atoms with Gasteiger partial charge in [-0.1, -0.05) is 12.1 Å². The SMILES string of the molecule is C[n+]1c(I)cccc1-n1c2ccccc2c2ccc[n+](C)c21. The van der Waals surface area contributed by atoms with Gasteiger partial charge < -0.3 is 0 Å². The third-order valence-electron chi connectivity index (χ3n) is 4.17. The lowest BCUT2D eigenvalue weighted by Crippen LogP contribution is -2.39. The smallest absolute Gasteiger partial charge is 0.236 e. The first kappa shape index (κ1) is 13.7. The maximum atomic E-state index is 2.37. The molecule has 0 N–H and O–H groups in total. The van der Waals surface area contributed by atoms with Crippen LogP contribution in [0.5, 0.6) is 0 Å². The number of hydrogen-bond acceptors (Lipinski definition) is 0. The lowest BCUT2D eigenvalue weighted by atomic mass is 10.2. The molecule has 3 nitrogen and oxygen atoms in total. The minimum absolute atomic E-state index is 1.17. The Balaban J connectivity index is 2.27. The third-order valence-corrected chi connectivity index (χ3v) is 5.25. The highest BCUT2D eigenvalue weighted by molar-refractivity contribution is 14.1. The van der Waals surface area contributed by atoms with E-state index in [1.165, 1.54) is 31.5 Å². The summed E-state index contributed by atoms with van der Waals surface area (Å²) in [6.07, 6.45) is 2.10. The molecule has 4 heteroatoms. The van der Waals surface area contributed by atoms with Crippen molar-refractivity contribution in [2.45, 2.75) is 0 Å². The van der Waals surface area contributed by atoms with Crippen LogP contribution in [0.25, 0.3) is 27.8 Å². The number of para-hydroxylation sites is 1. The van der Waals surface area contributed by atoms with E-state index < -0.39 is 0 Å². The molecule has 0 spiro atoms. The molecule has 3 aromatic heterocycles. The molecule has 0 aliphatic rings. The van der Waals surface area contributed by atoms with Crippen molar-refractivity contribution >= 4 is 44.5 Å². The summed E-state index contributed by atoms with van der Waals surface area (Å²) in [5.74, 6) is 1.17. The first-order chi connectivity index (χ1) is 10.7. The molecule has 1 aromatic carbocycles. The van der Waals surface area contributed by atoms with Crippen LogP contribution < -0.4 is 9.13 Å². The van der Waals surface area contributed by atoms with Crippen molar-refractivity contribution in [3.8, 4) is 5.82 Å². The molecule has 0 radical (unpaired) electrons. The van der Waals surface area contributed by atoms with Crippen molar-refractivity contribution in [3.63, 3.8) is 0 Å². The third kappa shape index (κ3) is 1.86. The van der Waals surface area contributed by atoms with Crippen LogP contribution in [0, 0.1) is 3.70 Å². The topological polar surface area (TPSA) is 12.7 Å². The van der Waals surface area contributed by atoms with Gasteiger partial charge in [0.25, 0.3) is 11.5 Å². The van der Waals surface area contributed by atoms with Gasteiger partial charge in [0.05, 0.1) is 25.7 Å². The molecule has 22 heavy (non-hydrogen) atoms. The predicted molar refractivity (Wildman–Crippen MR) is 95.9 cm³/mol. The van der Waals surface area contributed by atoms with Crippen molar-refractivity contribution in [1.29, 1.82) is 0 Å². The predicted octanol–water partition coefficient (Wildman–Crippen LogP) is 3.04. The van der Waals surface area contributed by atoms with Gasteiger partial charge in [-0.3, -0.25) is 0 Å². The van der Waals surface area contributed by atoms with Gasteiger partial charge in [-0.2, -0.15) is 4.57 Å². The summed E-state index contributed by atoms with van der Waals surface area (Å²) in [4.78, 5) is 0. The fourth-order valence-electron chi connectivity index (χ4n) is 3.11. The molecule has 4 rings (SSSR count). The molecule has 0 bridgehead atoms. The zero-order chi connectivity index (χ0) is 15.3. The van der Waals surface area contributed by atoms with Gasteiger partial charge in [-0.15, -0.1) is 0 Å². The second-order valence-corrected chi connectivity index (χ2v) is 6.58. The minimum Gasteiger partial charge on any atom is -0.236 e. The Labute approximate surface area is 142 Å². The molecule has 108 valence electrons. The number of fused-ring (bicyclic) bond motifs is 3. The summed E-state index contributed by atoms with van der Waals surface area (Å²) in [5, 5.41) is 2.56. The highest BCUT2D eigenvalue weighted by Gasteiger charge is 2.24. The van der Waals surface area contributed by atoms with E-state index in [0.29, 0.717) is 0 Å². The number of aromatic nitrogens is 3. The van der Waals surface area contributed by atoms with E-state index in [4.69, 9.17) is 0 Å². The van der Waals surface area contributed by atoms with Gasteiger partial charge in [0.1, 0.15) is 5.52 Å². The molecule has 0 fully saturated rings. The first-order valence-electron chi connectivity index (χ1n) is 7.21. The Morgan fingerprint density at radius 2 is 1.64 bits per heavy atom. The summed E-state index contributed by atoms with van der Waals surface area (Å²) in [6, 6.07) is 19.3. The summed E-state index contributed by atoms with van der Waals surface area (Å²) in [5.41, 5.74) is 2.44. The number of pyridine rings is 2. The van der Waals surface area contributed by atoms with Crippen LogP contribution in [0.2, 0.25) is 0 Å². The van der Waals surface area contributed by atoms with E-state index in [1.54, 1.807) is 0 Å². The zero-order valence-corrected chi connectivity index (χ0v) is 14.7. The van der Waals surface area contributed by atoms with Gasteiger partial charge in [-0.05, 0) is 36.4 Å². The van der Waals surface area contributed by atoms with Gasteiger partial charge in [-0.25, -0.2) is 9.13 Å². The molecular weight excluding hydrogens is 385 g/mol. The van der Waals surface area contributed by atoms with Crippen LogP contribution in [-0.2, 0) is 14.1 Å². The summed E-state index contributed by atoms with van der Waals surface area (Å²) in [6.45, 7) is 0. The Kier molecular flexibility index (Phi) is 3.14. The normalized spacial score (nSPS) is 11.4. The van der Waals surface area contributed by atoms with Crippen molar-refractivity contribution < 1.29 is 9.13 Å². The molecule has 0 saturated heterocycles. The fraction of sp³-hybridized carbons (Fsp3) is 0.111. The standard InChI is InChI=1S/C18H16IN3/c1-20-12-6-8-14-13-7-3-4-9-15(13)22(18(14)20)17-11-5-10-16(19)21(17)2/h3-12H,1-2H3/q+2. The summed E-state index contributed by atoms with van der Waals surface area (Å²) >= 11 is 2.37. The molecule has 4 aromatic rings. The second kappa shape index (κ2) is 5.05. The van der Waals surface area contributed by atoms with E-state index >= 15 is 0 Å². The van der Waals surface area contributed by atoms with Gasteiger partial charge in [0.2, 0.25) is 0 Å².